The van der Waals surface area contributed by atoms with Gasteiger partial charge >= 0.3 is 6.01 Å². The average Bonchev–Trinajstić information content (AvgIpc) is 2.31. The van der Waals surface area contributed by atoms with Gasteiger partial charge in [-0.3, -0.25) is 0 Å². The van der Waals surface area contributed by atoms with Crippen LogP contribution in [0, 0.1) is 6.92 Å². The summed E-state index contributed by atoms with van der Waals surface area (Å²) in [5.41, 5.74) is 1.76. The van der Waals surface area contributed by atoms with Crippen molar-refractivity contribution in [3.63, 3.8) is 0 Å². The van der Waals surface area contributed by atoms with Crippen molar-refractivity contribution in [2.24, 2.45) is 0 Å². The molecule has 7 heteroatoms. The number of aromatic nitrogens is 3. The Hall–Kier alpha value is -1.59. The highest BCUT2D eigenvalue weighted by Crippen LogP contribution is 2.25. The summed E-state index contributed by atoms with van der Waals surface area (Å²) < 4.78 is 5.40. The number of benzene rings is 1. The van der Waals surface area contributed by atoms with Crippen LogP contribution in [0.3, 0.4) is 0 Å². The first-order valence-electron chi connectivity index (χ1n) is 6.05. The number of nitrogens with one attached hydrogen (secondary N) is 1. The molecule has 0 aliphatic heterocycles. The Balaban J connectivity index is 2.26. The fourth-order valence-electron chi connectivity index (χ4n) is 1.49. The van der Waals surface area contributed by atoms with E-state index in [4.69, 9.17) is 27.9 Å². The Morgan fingerprint density at radius 3 is 2.55 bits per heavy atom. The predicted octanol–water partition coefficient (Wildman–Crippen LogP) is 4.02. The number of anilines is 2. The molecule has 0 unspecified atom stereocenters. The second-order valence-electron chi connectivity index (χ2n) is 4.49. The lowest BCUT2D eigenvalue weighted by molar-refractivity contribution is 0.222. The summed E-state index contributed by atoms with van der Waals surface area (Å²) in [4.78, 5) is 12.0. The molecule has 0 spiro atoms. The largest absolute Gasteiger partial charge is 0.461 e. The zero-order valence-corrected chi connectivity index (χ0v) is 12.8. The SMILES string of the molecule is Cc1ccc(Nc2nc(Cl)nc(OC(C)C)n2)c(Cl)c1. The minimum Gasteiger partial charge on any atom is -0.461 e. The van der Waals surface area contributed by atoms with Gasteiger partial charge in [-0.2, -0.15) is 15.0 Å². The van der Waals surface area contributed by atoms with E-state index in [-0.39, 0.29) is 23.3 Å². The number of halogens is 2. The molecular formula is C13H14Cl2N4O. The lowest BCUT2D eigenvalue weighted by Gasteiger charge is -2.10. The molecule has 0 saturated heterocycles. The number of hydrogen-bond donors (Lipinski definition) is 1. The maximum Gasteiger partial charge on any atom is 0.322 e. The minimum atomic E-state index is -0.0516. The van der Waals surface area contributed by atoms with Gasteiger partial charge in [-0.1, -0.05) is 17.7 Å². The van der Waals surface area contributed by atoms with Crippen LogP contribution in [-0.4, -0.2) is 21.1 Å². The molecular weight excluding hydrogens is 299 g/mol. The molecule has 1 aromatic carbocycles. The van der Waals surface area contributed by atoms with Crippen molar-refractivity contribution in [1.82, 2.24) is 15.0 Å². The van der Waals surface area contributed by atoms with Gasteiger partial charge < -0.3 is 10.1 Å². The second-order valence-corrected chi connectivity index (χ2v) is 5.23. The quantitative estimate of drug-likeness (QED) is 0.924. The van der Waals surface area contributed by atoms with Crippen LogP contribution >= 0.6 is 23.2 Å². The van der Waals surface area contributed by atoms with Gasteiger partial charge in [0.1, 0.15) is 0 Å². The lowest BCUT2D eigenvalue weighted by Crippen LogP contribution is -2.10. The number of aryl methyl sites for hydroxylation is 1. The molecule has 0 atom stereocenters. The van der Waals surface area contributed by atoms with Crippen molar-refractivity contribution in [2.45, 2.75) is 26.9 Å². The molecule has 0 aliphatic carbocycles. The summed E-state index contributed by atoms with van der Waals surface area (Å²) in [6, 6.07) is 5.80. The van der Waals surface area contributed by atoms with Crippen molar-refractivity contribution in [1.29, 1.82) is 0 Å². The highest BCUT2D eigenvalue weighted by molar-refractivity contribution is 6.33. The maximum absolute atomic E-state index is 6.15. The second kappa shape index (κ2) is 6.24. The molecule has 2 aromatic rings. The van der Waals surface area contributed by atoms with Gasteiger partial charge in [-0.05, 0) is 50.1 Å². The van der Waals surface area contributed by atoms with Gasteiger partial charge in [-0.15, -0.1) is 0 Å². The van der Waals surface area contributed by atoms with Crippen molar-refractivity contribution in [3.05, 3.63) is 34.1 Å². The first kappa shape index (κ1) is 14.8. The summed E-state index contributed by atoms with van der Waals surface area (Å²) in [6.07, 6.45) is -0.0516. The maximum atomic E-state index is 6.15. The Labute approximate surface area is 127 Å². The molecule has 0 saturated carbocycles. The molecule has 0 aliphatic rings. The molecule has 2 rings (SSSR count). The number of ether oxygens (including phenoxy) is 1. The standard InChI is InChI=1S/C13H14Cl2N4O/c1-7(2)20-13-18-11(15)17-12(19-13)16-10-5-4-8(3)6-9(10)14/h4-7H,1-3H3,(H,16,17,18,19). The Kier molecular flexibility index (Phi) is 4.62. The summed E-state index contributed by atoms with van der Waals surface area (Å²) in [6.45, 7) is 5.72. The Morgan fingerprint density at radius 1 is 1.15 bits per heavy atom. The summed E-state index contributed by atoms with van der Waals surface area (Å²) in [7, 11) is 0. The van der Waals surface area contributed by atoms with E-state index in [1.54, 1.807) is 0 Å². The Bertz CT molecular complexity index is 619. The molecule has 0 amide bonds. The van der Waals surface area contributed by atoms with Crippen LogP contribution in [0.4, 0.5) is 11.6 Å². The van der Waals surface area contributed by atoms with E-state index < -0.39 is 0 Å². The van der Waals surface area contributed by atoms with Gasteiger partial charge in [-0.25, -0.2) is 0 Å². The van der Waals surface area contributed by atoms with Gasteiger partial charge in [0, 0.05) is 0 Å². The van der Waals surface area contributed by atoms with Crippen molar-refractivity contribution < 1.29 is 4.74 Å². The minimum absolute atomic E-state index is 0.0516. The average molecular weight is 313 g/mol. The van der Waals surface area contributed by atoms with E-state index in [1.165, 1.54) is 0 Å². The highest BCUT2D eigenvalue weighted by Gasteiger charge is 2.09. The third-order valence-electron chi connectivity index (χ3n) is 2.30. The van der Waals surface area contributed by atoms with Gasteiger partial charge in [0.25, 0.3) is 0 Å². The number of rotatable bonds is 4. The molecule has 1 aromatic heterocycles. The molecule has 106 valence electrons. The Morgan fingerprint density at radius 2 is 1.90 bits per heavy atom. The van der Waals surface area contributed by atoms with E-state index in [0.29, 0.717) is 10.7 Å². The highest BCUT2D eigenvalue weighted by atomic mass is 35.5. The van der Waals surface area contributed by atoms with Gasteiger partial charge in [0.05, 0.1) is 16.8 Å². The summed E-state index contributed by atoms with van der Waals surface area (Å²) >= 11 is 12.0. The normalized spacial score (nSPS) is 10.7. The van der Waals surface area contributed by atoms with Crippen molar-refractivity contribution in [3.8, 4) is 6.01 Å². The number of hydrogen-bond acceptors (Lipinski definition) is 5. The van der Waals surface area contributed by atoms with E-state index in [9.17, 15) is 0 Å². The number of nitrogens with zero attached hydrogens (tertiary/aromatic N) is 3. The smallest absolute Gasteiger partial charge is 0.322 e. The fourth-order valence-corrected chi connectivity index (χ4v) is 1.93. The van der Waals surface area contributed by atoms with Crippen molar-refractivity contribution in [2.75, 3.05) is 5.32 Å². The molecule has 0 fully saturated rings. The molecule has 0 bridgehead atoms. The first-order valence-corrected chi connectivity index (χ1v) is 6.81. The van der Waals surface area contributed by atoms with Crippen LogP contribution in [0.15, 0.2) is 18.2 Å². The molecule has 1 N–H and O–H groups in total. The van der Waals surface area contributed by atoms with E-state index in [2.05, 4.69) is 20.3 Å². The van der Waals surface area contributed by atoms with E-state index in [1.807, 2.05) is 39.0 Å². The van der Waals surface area contributed by atoms with Crippen LogP contribution in [-0.2, 0) is 0 Å². The van der Waals surface area contributed by atoms with Gasteiger partial charge in [0.2, 0.25) is 11.2 Å². The van der Waals surface area contributed by atoms with Crippen LogP contribution in [0.25, 0.3) is 0 Å². The molecule has 20 heavy (non-hydrogen) atoms. The van der Waals surface area contributed by atoms with Crippen LogP contribution in [0.2, 0.25) is 10.3 Å². The zero-order valence-electron chi connectivity index (χ0n) is 11.3. The van der Waals surface area contributed by atoms with Crippen LogP contribution in [0.5, 0.6) is 6.01 Å². The lowest BCUT2D eigenvalue weighted by atomic mass is 10.2. The van der Waals surface area contributed by atoms with Crippen LogP contribution < -0.4 is 10.1 Å². The topological polar surface area (TPSA) is 59.9 Å². The summed E-state index contributed by atoms with van der Waals surface area (Å²) in [5, 5.41) is 3.63. The third-order valence-corrected chi connectivity index (χ3v) is 2.78. The molecule has 5 nitrogen and oxygen atoms in total. The zero-order chi connectivity index (χ0) is 14.7. The fraction of sp³-hybridized carbons (Fsp3) is 0.308. The monoisotopic (exact) mass is 312 g/mol. The van der Waals surface area contributed by atoms with Crippen molar-refractivity contribution >= 4 is 34.8 Å². The van der Waals surface area contributed by atoms with Crippen LogP contribution in [0.1, 0.15) is 19.4 Å². The van der Waals surface area contributed by atoms with E-state index >= 15 is 0 Å². The predicted molar refractivity (Wildman–Crippen MR) is 80.1 cm³/mol. The van der Waals surface area contributed by atoms with Gasteiger partial charge in [0.15, 0.2) is 0 Å². The molecule has 1 heterocycles. The summed E-state index contributed by atoms with van der Waals surface area (Å²) in [5.74, 6) is 0.284. The first-order chi connectivity index (χ1) is 9.44. The third kappa shape index (κ3) is 3.95. The molecule has 0 radical (unpaired) electrons. The van der Waals surface area contributed by atoms with E-state index in [0.717, 1.165) is 5.56 Å².